The predicted octanol–water partition coefficient (Wildman–Crippen LogP) is 17.4. The first-order chi connectivity index (χ1) is 31.5. The fraction of sp³-hybridized carbons (Fsp3) is 0.672. The highest BCUT2D eigenvalue weighted by atomic mass is 16.6. The van der Waals surface area contributed by atoms with Gasteiger partial charge in [0.15, 0.2) is 6.10 Å². The molecule has 0 spiro atoms. The minimum atomic E-state index is -0.803. The molecule has 0 aromatic carbocycles. The molecule has 1 unspecified atom stereocenters. The minimum absolute atomic E-state index is 0.1000. The first-order valence-corrected chi connectivity index (χ1v) is 26.2. The zero-order valence-corrected chi connectivity index (χ0v) is 41.5. The van der Waals surface area contributed by atoms with Crippen LogP contribution in [0.2, 0.25) is 0 Å². The van der Waals surface area contributed by atoms with E-state index in [9.17, 15) is 14.4 Å². The van der Waals surface area contributed by atoms with Crippen molar-refractivity contribution < 1.29 is 28.6 Å². The molecule has 0 amide bonds. The van der Waals surface area contributed by atoms with Crippen molar-refractivity contribution in [1.29, 1.82) is 0 Å². The van der Waals surface area contributed by atoms with E-state index in [1.165, 1.54) is 70.6 Å². The van der Waals surface area contributed by atoms with Crippen molar-refractivity contribution in [2.45, 2.75) is 239 Å². The first-order valence-electron chi connectivity index (χ1n) is 26.2. The number of carbonyl (C=O) groups is 3. The summed E-state index contributed by atoms with van der Waals surface area (Å²) >= 11 is 0. The molecule has 64 heavy (non-hydrogen) atoms. The standard InChI is InChI=1S/C58H96O6/c1-4-7-10-13-16-19-22-25-26-27-28-29-30-31-32-34-36-39-42-45-48-51-57(60)63-54-55(53-62-56(59)50-47-44-41-38-35-24-21-18-15-12-9-6-3)64-58(61)52-49-46-43-40-37-33-23-20-17-14-11-8-5-2/h7,10,16,18-21,23,25-26,28-29,31-32,36,39,55H,4-6,8-9,11-15,17,22,24,27,30,33-35,37-38,40-54H2,1-3H3/b10-7-,19-16-,21-18-,23-20-,26-25-,29-28-,32-31-,39-36-. The van der Waals surface area contributed by atoms with Crippen LogP contribution in [-0.2, 0) is 28.6 Å². The molecule has 0 aromatic rings. The number of ether oxygens (including phenoxy) is 3. The average molecular weight is 889 g/mol. The Morgan fingerprint density at radius 3 is 1.03 bits per heavy atom. The second-order valence-corrected chi connectivity index (χ2v) is 17.0. The van der Waals surface area contributed by atoms with Crippen molar-refractivity contribution in [3.63, 3.8) is 0 Å². The van der Waals surface area contributed by atoms with E-state index in [1.807, 2.05) is 0 Å². The fourth-order valence-corrected chi connectivity index (χ4v) is 6.84. The molecule has 0 rings (SSSR count). The minimum Gasteiger partial charge on any atom is -0.462 e. The lowest BCUT2D eigenvalue weighted by molar-refractivity contribution is -0.167. The Balaban J connectivity index is 4.46. The molecule has 6 nitrogen and oxygen atoms in total. The number of hydrogen-bond acceptors (Lipinski definition) is 6. The van der Waals surface area contributed by atoms with Gasteiger partial charge in [0.2, 0.25) is 0 Å². The molecule has 0 heterocycles. The van der Waals surface area contributed by atoms with Crippen molar-refractivity contribution in [3.8, 4) is 0 Å². The summed E-state index contributed by atoms with van der Waals surface area (Å²) in [6.45, 7) is 6.42. The zero-order chi connectivity index (χ0) is 46.5. The second-order valence-electron chi connectivity index (χ2n) is 17.0. The molecule has 1 atom stereocenters. The molecular weight excluding hydrogens is 793 g/mol. The van der Waals surface area contributed by atoms with Gasteiger partial charge in [-0.2, -0.15) is 0 Å². The van der Waals surface area contributed by atoms with Crippen LogP contribution in [0, 0.1) is 0 Å². The molecule has 0 aliphatic rings. The lowest BCUT2D eigenvalue weighted by Crippen LogP contribution is -2.30. The van der Waals surface area contributed by atoms with Crippen LogP contribution in [-0.4, -0.2) is 37.2 Å². The molecule has 0 aromatic heterocycles. The number of hydrogen-bond donors (Lipinski definition) is 0. The predicted molar refractivity (Wildman–Crippen MR) is 274 cm³/mol. The molecular formula is C58H96O6. The van der Waals surface area contributed by atoms with Gasteiger partial charge in [0, 0.05) is 19.3 Å². The summed E-state index contributed by atoms with van der Waals surface area (Å²) in [4.78, 5) is 38.0. The van der Waals surface area contributed by atoms with Crippen LogP contribution in [0.15, 0.2) is 97.2 Å². The fourth-order valence-electron chi connectivity index (χ4n) is 6.84. The molecule has 0 aliphatic carbocycles. The third-order valence-corrected chi connectivity index (χ3v) is 10.8. The van der Waals surface area contributed by atoms with Gasteiger partial charge in [0.25, 0.3) is 0 Å². The van der Waals surface area contributed by atoms with Crippen LogP contribution in [0.3, 0.4) is 0 Å². The summed E-state index contributed by atoms with van der Waals surface area (Å²) in [6.07, 6.45) is 68.2. The SMILES string of the molecule is CC/C=C\C/C=C\C/C=C\C/C=C\C/C=C\C/C=C\CCCCC(=O)OCC(COC(=O)CCCCCCC/C=C\CCCCC)OC(=O)CCCCCCC/C=C\CCCCCC. The zero-order valence-electron chi connectivity index (χ0n) is 41.5. The average Bonchev–Trinajstić information content (AvgIpc) is 3.29. The third kappa shape index (κ3) is 49.3. The Labute approximate surface area is 394 Å². The number of carbonyl (C=O) groups excluding carboxylic acids is 3. The lowest BCUT2D eigenvalue weighted by Gasteiger charge is -2.18. The molecule has 364 valence electrons. The molecule has 0 saturated heterocycles. The summed E-state index contributed by atoms with van der Waals surface area (Å²) in [5.41, 5.74) is 0. The topological polar surface area (TPSA) is 78.9 Å². The Morgan fingerprint density at radius 2 is 0.609 bits per heavy atom. The summed E-state index contributed by atoms with van der Waals surface area (Å²) in [7, 11) is 0. The summed E-state index contributed by atoms with van der Waals surface area (Å²) < 4.78 is 16.7. The first kappa shape index (κ1) is 60.3. The van der Waals surface area contributed by atoms with Gasteiger partial charge in [0.05, 0.1) is 0 Å². The van der Waals surface area contributed by atoms with Gasteiger partial charge in [-0.3, -0.25) is 14.4 Å². The van der Waals surface area contributed by atoms with E-state index >= 15 is 0 Å². The summed E-state index contributed by atoms with van der Waals surface area (Å²) in [5.74, 6) is -0.966. The monoisotopic (exact) mass is 889 g/mol. The quantitative estimate of drug-likeness (QED) is 0.0262. The Morgan fingerprint density at radius 1 is 0.328 bits per heavy atom. The van der Waals surface area contributed by atoms with Crippen molar-refractivity contribution in [2.24, 2.45) is 0 Å². The van der Waals surface area contributed by atoms with E-state index in [0.29, 0.717) is 19.3 Å². The molecule has 0 N–H and O–H groups in total. The van der Waals surface area contributed by atoms with Gasteiger partial charge in [-0.25, -0.2) is 0 Å². The van der Waals surface area contributed by atoms with Crippen molar-refractivity contribution in [3.05, 3.63) is 97.2 Å². The van der Waals surface area contributed by atoms with Crippen LogP contribution < -0.4 is 0 Å². The van der Waals surface area contributed by atoms with E-state index in [1.54, 1.807) is 0 Å². The van der Waals surface area contributed by atoms with Gasteiger partial charge in [-0.1, -0.05) is 189 Å². The highest BCUT2D eigenvalue weighted by Gasteiger charge is 2.19. The van der Waals surface area contributed by atoms with Crippen molar-refractivity contribution in [2.75, 3.05) is 13.2 Å². The van der Waals surface area contributed by atoms with Gasteiger partial charge in [-0.05, 0) is 122 Å². The third-order valence-electron chi connectivity index (χ3n) is 10.8. The maximum atomic E-state index is 12.8. The van der Waals surface area contributed by atoms with E-state index in [-0.39, 0.29) is 31.1 Å². The van der Waals surface area contributed by atoms with Gasteiger partial charge < -0.3 is 14.2 Å². The molecule has 0 radical (unpaired) electrons. The van der Waals surface area contributed by atoms with Crippen molar-refractivity contribution >= 4 is 17.9 Å². The maximum absolute atomic E-state index is 12.8. The number of esters is 3. The molecule has 0 bridgehead atoms. The molecule has 0 saturated carbocycles. The summed E-state index contributed by atoms with van der Waals surface area (Å²) in [6, 6.07) is 0. The smallest absolute Gasteiger partial charge is 0.306 e. The second kappa shape index (κ2) is 52.0. The number of rotatable bonds is 46. The Bertz CT molecular complexity index is 1300. The highest BCUT2D eigenvalue weighted by molar-refractivity contribution is 5.71. The van der Waals surface area contributed by atoms with Crippen LogP contribution in [0.4, 0.5) is 0 Å². The summed E-state index contributed by atoms with van der Waals surface area (Å²) in [5, 5.41) is 0. The molecule has 0 fully saturated rings. The van der Waals surface area contributed by atoms with E-state index < -0.39 is 6.10 Å². The largest absolute Gasteiger partial charge is 0.462 e. The van der Waals surface area contributed by atoms with Gasteiger partial charge in [-0.15, -0.1) is 0 Å². The molecule has 6 heteroatoms. The van der Waals surface area contributed by atoms with Gasteiger partial charge >= 0.3 is 17.9 Å². The Kier molecular flexibility index (Phi) is 49.0. The van der Waals surface area contributed by atoms with Crippen LogP contribution in [0.25, 0.3) is 0 Å². The maximum Gasteiger partial charge on any atom is 0.306 e. The van der Waals surface area contributed by atoms with E-state index in [4.69, 9.17) is 14.2 Å². The lowest BCUT2D eigenvalue weighted by atomic mass is 10.1. The molecule has 0 aliphatic heterocycles. The van der Waals surface area contributed by atoms with E-state index in [0.717, 1.165) is 122 Å². The normalized spacial score (nSPS) is 12.9. The number of unbranched alkanes of at least 4 members (excludes halogenated alkanes) is 19. The number of allylic oxidation sites excluding steroid dienone is 16. The highest BCUT2D eigenvalue weighted by Crippen LogP contribution is 2.13. The van der Waals surface area contributed by atoms with Gasteiger partial charge in [0.1, 0.15) is 13.2 Å². The van der Waals surface area contributed by atoms with Crippen LogP contribution in [0.1, 0.15) is 233 Å². The van der Waals surface area contributed by atoms with Crippen molar-refractivity contribution in [1.82, 2.24) is 0 Å². The van der Waals surface area contributed by atoms with Crippen LogP contribution in [0.5, 0.6) is 0 Å². The Hall–Kier alpha value is -3.67. The van der Waals surface area contributed by atoms with E-state index in [2.05, 4.69) is 118 Å². The van der Waals surface area contributed by atoms with Crippen LogP contribution >= 0.6 is 0 Å².